The Morgan fingerprint density at radius 3 is 2.08 bits per heavy atom. The number of benzene rings is 2. The average molecular weight is 520 g/mol. The largest absolute Gasteiger partial charge is 0.490 e. The molecule has 2 unspecified atom stereocenters. The van der Waals surface area contributed by atoms with E-state index in [1.54, 1.807) is 0 Å². The van der Waals surface area contributed by atoms with E-state index in [1.165, 1.54) is 0 Å². The molecule has 2 aliphatic rings. The second kappa shape index (κ2) is 10.9. The van der Waals surface area contributed by atoms with Crippen molar-refractivity contribution in [1.29, 1.82) is 0 Å². The minimum Gasteiger partial charge on any atom is -0.490 e. The Morgan fingerprint density at radius 1 is 0.833 bits per heavy atom. The summed E-state index contributed by atoms with van der Waals surface area (Å²) in [4.78, 5) is 0. The highest BCUT2D eigenvalue weighted by atomic mass is 19.3. The van der Waals surface area contributed by atoms with Crippen LogP contribution < -0.4 is 9.47 Å². The van der Waals surface area contributed by atoms with Crippen LogP contribution in [0.15, 0.2) is 24.3 Å². The van der Waals surface area contributed by atoms with Gasteiger partial charge in [0.05, 0.1) is 19.3 Å². The molecule has 0 amide bonds. The summed E-state index contributed by atoms with van der Waals surface area (Å²) in [5.74, 6) is -9.37. The molecule has 0 spiro atoms. The van der Waals surface area contributed by atoms with Crippen molar-refractivity contribution in [2.45, 2.75) is 57.7 Å². The van der Waals surface area contributed by atoms with E-state index in [4.69, 9.17) is 9.47 Å². The number of halogens is 7. The fourth-order valence-corrected chi connectivity index (χ4v) is 4.97. The lowest BCUT2D eigenvalue weighted by molar-refractivity contribution is -0.188. The molecular weight excluding hydrogens is 493 g/mol. The second-order valence-corrected chi connectivity index (χ2v) is 9.63. The molecule has 3 nitrogen and oxygen atoms in total. The molecule has 0 aromatic heterocycles. The maximum absolute atomic E-state index is 14.5. The highest BCUT2D eigenvalue weighted by Gasteiger charge is 2.40. The summed E-state index contributed by atoms with van der Waals surface area (Å²) in [6, 6.07) is 1.77. The zero-order valence-corrected chi connectivity index (χ0v) is 19.6. The third kappa shape index (κ3) is 5.90. The van der Waals surface area contributed by atoms with Gasteiger partial charge >= 0.3 is 6.11 Å². The Morgan fingerprint density at radius 2 is 1.47 bits per heavy atom. The first kappa shape index (κ1) is 26.6. The summed E-state index contributed by atoms with van der Waals surface area (Å²) in [6.45, 7) is 2.95. The van der Waals surface area contributed by atoms with E-state index < -0.39 is 52.3 Å². The van der Waals surface area contributed by atoms with Crippen LogP contribution in [0.4, 0.5) is 30.7 Å². The maximum atomic E-state index is 14.5. The van der Waals surface area contributed by atoms with Crippen molar-refractivity contribution < 1.29 is 44.9 Å². The molecule has 1 heterocycles. The molecule has 0 N–H and O–H groups in total. The van der Waals surface area contributed by atoms with E-state index in [2.05, 4.69) is 11.7 Å². The fraction of sp³-hybridized carbons (Fsp3) is 0.538. The number of rotatable bonds is 7. The number of hydrogen-bond acceptors (Lipinski definition) is 3. The van der Waals surface area contributed by atoms with Crippen LogP contribution in [0.5, 0.6) is 11.5 Å². The Bertz CT molecular complexity index is 1040. The van der Waals surface area contributed by atoms with Crippen LogP contribution in [0.2, 0.25) is 0 Å². The minimum absolute atomic E-state index is 0.113. The van der Waals surface area contributed by atoms with E-state index in [0.717, 1.165) is 51.2 Å². The van der Waals surface area contributed by atoms with Gasteiger partial charge in [0.2, 0.25) is 5.82 Å². The van der Waals surface area contributed by atoms with Crippen molar-refractivity contribution in [2.75, 3.05) is 13.2 Å². The predicted octanol–water partition coefficient (Wildman–Crippen LogP) is 7.51. The summed E-state index contributed by atoms with van der Waals surface area (Å²) in [6.07, 6.45) is 1.68. The van der Waals surface area contributed by atoms with Crippen molar-refractivity contribution in [3.05, 3.63) is 58.9 Å². The molecule has 0 radical (unpaired) electrons. The average Bonchev–Trinajstić information content (AvgIpc) is 2.84. The SMILES string of the molecule is CC1CCC(C2CCC(COc3ccc(C(F)(F)Oc4cc(F)c(F)c(F)c4)c(F)c3F)CC2)CO1. The third-order valence-corrected chi connectivity index (χ3v) is 7.14. The van der Waals surface area contributed by atoms with Gasteiger partial charge in [0.1, 0.15) is 11.3 Å². The highest BCUT2D eigenvalue weighted by Crippen LogP contribution is 2.39. The van der Waals surface area contributed by atoms with E-state index in [9.17, 15) is 30.7 Å². The second-order valence-electron chi connectivity index (χ2n) is 9.63. The van der Waals surface area contributed by atoms with E-state index in [0.29, 0.717) is 24.0 Å². The first-order chi connectivity index (χ1) is 17.0. The van der Waals surface area contributed by atoms with Gasteiger partial charge in [0, 0.05) is 12.1 Å². The van der Waals surface area contributed by atoms with Crippen LogP contribution in [0, 0.1) is 46.8 Å². The lowest BCUT2D eigenvalue weighted by Crippen LogP contribution is -2.32. The molecule has 1 aliphatic heterocycles. The van der Waals surface area contributed by atoms with Crippen LogP contribution in [-0.2, 0) is 10.8 Å². The summed E-state index contributed by atoms with van der Waals surface area (Å²) in [7, 11) is 0. The molecule has 2 fully saturated rings. The van der Waals surface area contributed by atoms with Gasteiger partial charge in [-0.3, -0.25) is 0 Å². The van der Waals surface area contributed by atoms with Crippen LogP contribution in [0.1, 0.15) is 51.0 Å². The monoisotopic (exact) mass is 520 g/mol. The van der Waals surface area contributed by atoms with Crippen LogP contribution in [0.3, 0.4) is 0 Å². The van der Waals surface area contributed by atoms with Crippen molar-refractivity contribution >= 4 is 0 Å². The molecule has 2 atom stereocenters. The standard InChI is InChI=1S/C26H27F7O3/c1-14-2-5-17(13-34-14)16-6-3-15(4-7-16)12-35-22-9-8-19(23(29)25(22)31)26(32,33)36-18-10-20(27)24(30)21(28)11-18/h8-11,14-17H,2-7,12-13H2,1H3. The first-order valence-corrected chi connectivity index (χ1v) is 12.0. The Hall–Kier alpha value is -2.49. The van der Waals surface area contributed by atoms with Crippen molar-refractivity contribution in [3.8, 4) is 11.5 Å². The van der Waals surface area contributed by atoms with E-state index in [-0.39, 0.29) is 24.7 Å². The van der Waals surface area contributed by atoms with Gasteiger partial charge in [-0.25, -0.2) is 17.6 Å². The molecule has 10 heteroatoms. The van der Waals surface area contributed by atoms with Gasteiger partial charge in [0.15, 0.2) is 29.0 Å². The van der Waals surface area contributed by atoms with Gasteiger partial charge in [0.25, 0.3) is 0 Å². The molecule has 4 rings (SSSR count). The van der Waals surface area contributed by atoms with Crippen LogP contribution in [0.25, 0.3) is 0 Å². The zero-order valence-electron chi connectivity index (χ0n) is 19.6. The number of ether oxygens (including phenoxy) is 3. The number of hydrogen-bond donors (Lipinski definition) is 0. The molecule has 198 valence electrons. The Labute approximate surface area is 204 Å². The highest BCUT2D eigenvalue weighted by molar-refractivity contribution is 5.34. The summed E-state index contributed by atoms with van der Waals surface area (Å²) < 4.78 is 113. The molecule has 1 saturated carbocycles. The van der Waals surface area contributed by atoms with Crippen LogP contribution >= 0.6 is 0 Å². The summed E-state index contributed by atoms with van der Waals surface area (Å²) >= 11 is 0. The molecule has 2 aromatic rings. The maximum Gasteiger partial charge on any atom is 0.429 e. The minimum atomic E-state index is -4.50. The lowest BCUT2D eigenvalue weighted by Gasteiger charge is -2.37. The first-order valence-electron chi connectivity index (χ1n) is 12.0. The smallest absolute Gasteiger partial charge is 0.429 e. The lowest BCUT2D eigenvalue weighted by atomic mass is 9.74. The topological polar surface area (TPSA) is 27.7 Å². The Balaban J connectivity index is 1.35. The molecule has 36 heavy (non-hydrogen) atoms. The van der Waals surface area contributed by atoms with Gasteiger partial charge < -0.3 is 14.2 Å². The molecule has 2 aromatic carbocycles. The van der Waals surface area contributed by atoms with Crippen molar-refractivity contribution in [2.24, 2.45) is 17.8 Å². The van der Waals surface area contributed by atoms with Gasteiger partial charge in [-0.15, -0.1) is 0 Å². The van der Waals surface area contributed by atoms with E-state index in [1.807, 2.05) is 0 Å². The molecular formula is C26H27F7O3. The molecule has 0 bridgehead atoms. The van der Waals surface area contributed by atoms with Gasteiger partial charge in [-0.2, -0.15) is 13.2 Å². The fourth-order valence-electron chi connectivity index (χ4n) is 4.97. The number of alkyl halides is 2. The van der Waals surface area contributed by atoms with Gasteiger partial charge in [-0.05, 0) is 75.3 Å². The molecule has 1 aliphatic carbocycles. The third-order valence-electron chi connectivity index (χ3n) is 7.14. The zero-order chi connectivity index (χ0) is 26.0. The summed E-state index contributed by atoms with van der Waals surface area (Å²) in [5, 5.41) is 0. The van der Waals surface area contributed by atoms with E-state index >= 15 is 0 Å². The van der Waals surface area contributed by atoms with Crippen molar-refractivity contribution in [1.82, 2.24) is 0 Å². The Kier molecular flexibility index (Phi) is 8.02. The molecule has 1 saturated heterocycles. The normalized spacial score (nSPS) is 25.0. The van der Waals surface area contributed by atoms with Crippen molar-refractivity contribution in [3.63, 3.8) is 0 Å². The van der Waals surface area contributed by atoms with Crippen LogP contribution in [-0.4, -0.2) is 19.3 Å². The summed E-state index contributed by atoms with van der Waals surface area (Å²) in [5.41, 5.74) is -1.50. The predicted molar refractivity (Wildman–Crippen MR) is 116 cm³/mol. The van der Waals surface area contributed by atoms with Gasteiger partial charge in [-0.1, -0.05) is 0 Å². The quantitative estimate of drug-likeness (QED) is 0.279.